The average Bonchev–Trinajstić information content (AvgIpc) is 3.21. The molecule has 1 aliphatic heterocycles. The molecule has 144 valence electrons. The van der Waals surface area contributed by atoms with Crippen LogP contribution >= 0.6 is 11.3 Å². The van der Waals surface area contributed by atoms with Crippen molar-refractivity contribution in [2.45, 2.75) is 65.3 Å². The number of aromatic nitrogens is 2. The molecule has 2 aromatic heterocycles. The monoisotopic (exact) mass is 385 g/mol. The summed E-state index contributed by atoms with van der Waals surface area (Å²) in [6.45, 7) is 10.6. The third-order valence-electron chi connectivity index (χ3n) is 4.98. The molecular formula is C21H27N3O2S. The van der Waals surface area contributed by atoms with Crippen LogP contribution < -0.4 is 0 Å². The number of nitrogens with zero attached hydrogens (tertiary/aromatic N) is 3. The number of hydrogen-bond acceptors (Lipinski definition) is 5. The number of carbonyl (C=O) groups is 2. The van der Waals surface area contributed by atoms with Crippen LogP contribution in [-0.4, -0.2) is 39.1 Å². The van der Waals surface area contributed by atoms with E-state index in [-0.39, 0.29) is 29.6 Å². The zero-order chi connectivity index (χ0) is 19.8. The molecule has 27 heavy (non-hydrogen) atoms. The fourth-order valence-corrected chi connectivity index (χ4v) is 4.55. The van der Waals surface area contributed by atoms with Gasteiger partial charge < -0.3 is 4.90 Å². The maximum Gasteiger partial charge on any atom is 0.230 e. The van der Waals surface area contributed by atoms with E-state index in [1.807, 2.05) is 19.2 Å². The number of Topliss-reactive ketones (excluding diaryl/α,β-unsaturated/α-hetero) is 1. The van der Waals surface area contributed by atoms with E-state index in [2.05, 4.69) is 36.8 Å². The average molecular weight is 386 g/mol. The molecule has 0 spiro atoms. The van der Waals surface area contributed by atoms with Crippen molar-refractivity contribution in [3.63, 3.8) is 0 Å². The Morgan fingerprint density at radius 2 is 2.07 bits per heavy atom. The number of carbonyl (C=O) groups excluding carboxylic acids is 2. The second kappa shape index (κ2) is 7.50. The van der Waals surface area contributed by atoms with Gasteiger partial charge in [0.25, 0.3) is 0 Å². The summed E-state index contributed by atoms with van der Waals surface area (Å²) in [6, 6.07) is 3.85. The van der Waals surface area contributed by atoms with E-state index in [4.69, 9.17) is 0 Å². The van der Waals surface area contributed by atoms with Gasteiger partial charge in [0.2, 0.25) is 5.91 Å². The second-order valence-corrected chi connectivity index (χ2v) is 9.32. The van der Waals surface area contributed by atoms with Crippen molar-refractivity contribution in [2.75, 3.05) is 6.54 Å². The Hall–Kier alpha value is -2.08. The highest BCUT2D eigenvalue weighted by atomic mass is 32.1. The molecule has 0 unspecified atom stereocenters. The van der Waals surface area contributed by atoms with Crippen LogP contribution in [0, 0.1) is 6.92 Å². The fraction of sp³-hybridized carbons (Fsp3) is 0.524. The van der Waals surface area contributed by atoms with Crippen molar-refractivity contribution in [1.82, 2.24) is 14.9 Å². The summed E-state index contributed by atoms with van der Waals surface area (Å²) >= 11 is 1.56. The number of ketones is 1. The standard InChI is InChI=1S/C21H27N3O2S/c1-13-20(15-8-9-22-17(11-15)21(3,4)5)27-18(23-13)12-19(26)24-10-6-7-16(24)14(2)25/h8-9,11,16H,6-7,10,12H2,1-5H3/t16-/m0/s1. The molecule has 5 nitrogen and oxygen atoms in total. The molecule has 0 saturated carbocycles. The molecule has 1 atom stereocenters. The van der Waals surface area contributed by atoms with Crippen molar-refractivity contribution in [3.8, 4) is 10.4 Å². The Labute approximate surface area is 164 Å². The first-order valence-corrected chi connectivity index (χ1v) is 10.2. The van der Waals surface area contributed by atoms with Crippen LogP contribution in [0.25, 0.3) is 10.4 Å². The number of hydrogen-bond donors (Lipinski definition) is 0. The predicted octanol–water partition coefficient (Wildman–Crippen LogP) is 3.93. The lowest BCUT2D eigenvalue weighted by Crippen LogP contribution is -2.40. The summed E-state index contributed by atoms with van der Waals surface area (Å²) in [5.41, 5.74) is 3.03. The maximum absolute atomic E-state index is 12.7. The highest BCUT2D eigenvalue weighted by Gasteiger charge is 2.32. The molecular weight excluding hydrogens is 358 g/mol. The number of likely N-dealkylation sites (tertiary alicyclic amines) is 1. The van der Waals surface area contributed by atoms with Gasteiger partial charge in [-0.25, -0.2) is 4.98 Å². The molecule has 6 heteroatoms. The Morgan fingerprint density at radius 1 is 1.33 bits per heavy atom. The van der Waals surface area contributed by atoms with Gasteiger partial charge in [0.15, 0.2) is 5.78 Å². The first kappa shape index (κ1) is 19.7. The number of thiazole rings is 1. The van der Waals surface area contributed by atoms with Gasteiger partial charge in [-0.3, -0.25) is 14.6 Å². The molecule has 3 rings (SSSR count). The van der Waals surface area contributed by atoms with Gasteiger partial charge in [-0.05, 0) is 44.4 Å². The number of rotatable bonds is 4. The van der Waals surface area contributed by atoms with E-state index in [0.29, 0.717) is 6.54 Å². The normalized spacial score (nSPS) is 17.4. The van der Waals surface area contributed by atoms with E-state index in [1.165, 1.54) is 0 Å². The Bertz CT molecular complexity index is 867. The van der Waals surface area contributed by atoms with E-state index in [0.717, 1.165) is 39.7 Å². The summed E-state index contributed by atoms with van der Waals surface area (Å²) in [4.78, 5) is 36.4. The first-order valence-electron chi connectivity index (χ1n) is 9.40. The molecule has 0 bridgehead atoms. The van der Waals surface area contributed by atoms with E-state index < -0.39 is 0 Å². The van der Waals surface area contributed by atoms with Crippen molar-refractivity contribution in [1.29, 1.82) is 0 Å². The minimum absolute atomic E-state index is 0.00175. The number of amides is 1. The van der Waals surface area contributed by atoms with Crippen molar-refractivity contribution in [3.05, 3.63) is 34.7 Å². The Morgan fingerprint density at radius 3 is 2.74 bits per heavy atom. The van der Waals surface area contributed by atoms with Gasteiger partial charge in [0.05, 0.1) is 23.0 Å². The number of aryl methyl sites for hydroxylation is 1. The predicted molar refractivity (Wildman–Crippen MR) is 108 cm³/mol. The van der Waals surface area contributed by atoms with Crippen LogP contribution in [0.5, 0.6) is 0 Å². The zero-order valence-electron chi connectivity index (χ0n) is 16.7. The van der Waals surface area contributed by atoms with E-state index in [9.17, 15) is 9.59 Å². The largest absolute Gasteiger partial charge is 0.332 e. The third-order valence-corrected chi connectivity index (χ3v) is 6.18. The zero-order valence-corrected chi connectivity index (χ0v) is 17.5. The van der Waals surface area contributed by atoms with E-state index in [1.54, 1.807) is 23.2 Å². The van der Waals surface area contributed by atoms with Crippen LogP contribution in [0.1, 0.15) is 56.9 Å². The van der Waals surface area contributed by atoms with Crippen molar-refractivity contribution in [2.24, 2.45) is 0 Å². The molecule has 0 N–H and O–H groups in total. The summed E-state index contributed by atoms with van der Waals surface area (Å²) < 4.78 is 0. The number of pyridine rings is 1. The van der Waals surface area contributed by atoms with Gasteiger partial charge in [0.1, 0.15) is 5.01 Å². The van der Waals surface area contributed by atoms with Gasteiger partial charge >= 0.3 is 0 Å². The molecule has 0 radical (unpaired) electrons. The molecule has 1 amide bonds. The van der Waals surface area contributed by atoms with Gasteiger partial charge in [-0.15, -0.1) is 11.3 Å². The van der Waals surface area contributed by atoms with Crippen LogP contribution in [0.3, 0.4) is 0 Å². The SMILES string of the molecule is CC(=O)[C@@H]1CCCN1C(=O)Cc1nc(C)c(-c2ccnc(C(C)(C)C)c2)s1. The summed E-state index contributed by atoms with van der Waals surface area (Å²) in [6.07, 6.45) is 3.76. The Balaban J connectivity index is 1.81. The van der Waals surface area contributed by atoms with E-state index >= 15 is 0 Å². The molecule has 3 heterocycles. The van der Waals surface area contributed by atoms with Crippen LogP contribution in [0.2, 0.25) is 0 Å². The van der Waals surface area contributed by atoms with Crippen LogP contribution in [0.15, 0.2) is 18.3 Å². The minimum Gasteiger partial charge on any atom is -0.332 e. The smallest absolute Gasteiger partial charge is 0.230 e. The van der Waals surface area contributed by atoms with Crippen LogP contribution in [-0.2, 0) is 21.4 Å². The topological polar surface area (TPSA) is 63.2 Å². The lowest BCUT2D eigenvalue weighted by molar-refractivity contribution is -0.136. The summed E-state index contributed by atoms with van der Waals surface area (Å²) in [5.74, 6) is 0.0708. The lowest BCUT2D eigenvalue weighted by atomic mass is 9.90. The third kappa shape index (κ3) is 4.26. The van der Waals surface area contributed by atoms with Gasteiger partial charge in [0, 0.05) is 23.9 Å². The Kier molecular flexibility index (Phi) is 5.47. The van der Waals surface area contributed by atoms with Gasteiger partial charge in [-0.1, -0.05) is 20.8 Å². The molecule has 0 aliphatic carbocycles. The van der Waals surface area contributed by atoms with Crippen molar-refractivity contribution >= 4 is 23.0 Å². The molecule has 1 fully saturated rings. The molecule has 1 aliphatic rings. The van der Waals surface area contributed by atoms with Crippen LogP contribution in [0.4, 0.5) is 0 Å². The highest BCUT2D eigenvalue weighted by molar-refractivity contribution is 7.15. The summed E-state index contributed by atoms with van der Waals surface area (Å²) in [5, 5.41) is 0.802. The summed E-state index contributed by atoms with van der Waals surface area (Å²) in [7, 11) is 0. The quantitative estimate of drug-likeness (QED) is 0.800. The first-order chi connectivity index (χ1) is 12.7. The second-order valence-electron chi connectivity index (χ2n) is 8.23. The fourth-order valence-electron chi connectivity index (χ4n) is 3.50. The maximum atomic E-state index is 12.7. The molecule has 0 aromatic carbocycles. The molecule has 2 aromatic rings. The highest BCUT2D eigenvalue weighted by Crippen LogP contribution is 2.33. The molecule has 1 saturated heterocycles. The minimum atomic E-state index is -0.257. The van der Waals surface area contributed by atoms with Gasteiger partial charge in [-0.2, -0.15) is 0 Å². The van der Waals surface area contributed by atoms with Crippen molar-refractivity contribution < 1.29 is 9.59 Å². The lowest BCUT2D eigenvalue weighted by Gasteiger charge is -2.22.